The Labute approximate surface area is 131 Å². The van der Waals surface area contributed by atoms with Crippen LogP contribution in [0.2, 0.25) is 19.6 Å². The van der Waals surface area contributed by atoms with E-state index in [9.17, 15) is 9.59 Å². The van der Waals surface area contributed by atoms with Gasteiger partial charge in [0.1, 0.15) is 0 Å². The zero-order valence-corrected chi connectivity index (χ0v) is 14.4. The third-order valence-corrected chi connectivity index (χ3v) is 5.34. The number of esters is 1. The molecule has 0 aromatic heterocycles. The molecule has 1 aliphatic rings. The van der Waals surface area contributed by atoms with Gasteiger partial charge in [0.15, 0.2) is 0 Å². The van der Waals surface area contributed by atoms with E-state index in [1.165, 1.54) is 0 Å². The number of amides is 2. The first-order valence-corrected chi connectivity index (χ1v) is 10.9. The highest BCUT2D eigenvalue weighted by molar-refractivity contribution is 6.83. The minimum atomic E-state index is -1.92. The number of hydrogen-bond acceptors (Lipinski definition) is 3. The summed E-state index contributed by atoms with van der Waals surface area (Å²) in [6, 6.07) is 8.73. The van der Waals surface area contributed by atoms with Gasteiger partial charge in [0.25, 0.3) is 0 Å². The van der Waals surface area contributed by atoms with Crippen molar-refractivity contribution in [2.24, 2.45) is 0 Å². The number of rotatable bonds is 4. The topological polar surface area (TPSA) is 67.4 Å². The molecule has 2 rings (SSSR count). The second kappa shape index (κ2) is 6.35. The third kappa shape index (κ3) is 3.39. The van der Waals surface area contributed by atoms with Crippen LogP contribution in [0, 0.1) is 0 Å². The van der Waals surface area contributed by atoms with Crippen molar-refractivity contribution < 1.29 is 14.3 Å². The summed E-state index contributed by atoms with van der Waals surface area (Å²) in [4.78, 5) is 24.5. The molecule has 6 heteroatoms. The Balaban J connectivity index is 2.59. The summed E-state index contributed by atoms with van der Waals surface area (Å²) in [5, 5.41) is 6.41. The van der Waals surface area contributed by atoms with Crippen molar-refractivity contribution in [3.63, 3.8) is 0 Å². The predicted molar refractivity (Wildman–Crippen MR) is 87.9 cm³/mol. The Morgan fingerprint density at radius 3 is 2.41 bits per heavy atom. The first-order valence-electron chi connectivity index (χ1n) is 7.38. The van der Waals surface area contributed by atoms with E-state index in [0.29, 0.717) is 12.2 Å². The number of ether oxygens (including phenoxy) is 1. The average Bonchev–Trinajstić information content (AvgIpc) is 2.46. The van der Waals surface area contributed by atoms with Crippen LogP contribution < -0.4 is 10.6 Å². The van der Waals surface area contributed by atoms with E-state index in [2.05, 4.69) is 30.3 Å². The van der Waals surface area contributed by atoms with Gasteiger partial charge in [0, 0.05) is 5.32 Å². The molecule has 0 saturated heterocycles. The molecular formula is C16H22N2O3Si. The Kier molecular flexibility index (Phi) is 4.70. The lowest BCUT2D eigenvalue weighted by atomic mass is 9.98. The van der Waals surface area contributed by atoms with Crippen molar-refractivity contribution in [3.05, 3.63) is 46.8 Å². The van der Waals surface area contributed by atoms with Crippen LogP contribution in [0.4, 0.5) is 4.79 Å². The van der Waals surface area contributed by atoms with Crippen LogP contribution in [0.25, 0.3) is 0 Å². The van der Waals surface area contributed by atoms with E-state index in [0.717, 1.165) is 10.9 Å². The van der Waals surface area contributed by atoms with Crippen molar-refractivity contribution in [1.29, 1.82) is 0 Å². The smallest absolute Gasteiger partial charge is 0.337 e. The summed E-state index contributed by atoms with van der Waals surface area (Å²) >= 11 is 0. The molecule has 2 N–H and O–H groups in total. The standard InChI is InChI=1S/C16H22N2O3Si/c1-5-21-15(19)12-13(11-9-7-6-8-10-11)17-16(20)18-14(12)22(2,3)4/h6-10,13H,5H2,1-4H3,(H2,17,18,20). The summed E-state index contributed by atoms with van der Waals surface area (Å²) in [7, 11) is -1.92. The van der Waals surface area contributed by atoms with Crippen LogP contribution in [-0.2, 0) is 9.53 Å². The minimum Gasteiger partial charge on any atom is -0.463 e. The summed E-state index contributed by atoms with van der Waals surface area (Å²) in [5.41, 5.74) is 1.39. The van der Waals surface area contributed by atoms with Gasteiger partial charge in [-0.3, -0.25) is 0 Å². The molecule has 22 heavy (non-hydrogen) atoms. The van der Waals surface area contributed by atoms with Crippen LogP contribution in [-0.4, -0.2) is 26.7 Å². The van der Waals surface area contributed by atoms with E-state index < -0.39 is 14.1 Å². The minimum absolute atomic E-state index is 0.278. The highest BCUT2D eigenvalue weighted by atomic mass is 28.3. The molecule has 0 spiro atoms. The number of carbonyl (C=O) groups excluding carboxylic acids is 2. The van der Waals surface area contributed by atoms with Crippen LogP contribution in [0.15, 0.2) is 41.2 Å². The van der Waals surface area contributed by atoms with Gasteiger partial charge in [-0.05, 0) is 12.5 Å². The van der Waals surface area contributed by atoms with Crippen molar-refractivity contribution in [2.75, 3.05) is 6.61 Å². The van der Waals surface area contributed by atoms with Crippen LogP contribution in [0.3, 0.4) is 0 Å². The predicted octanol–water partition coefficient (Wildman–Crippen LogP) is 2.74. The molecule has 0 fully saturated rings. The van der Waals surface area contributed by atoms with Gasteiger partial charge < -0.3 is 15.4 Å². The van der Waals surface area contributed by atoms with Crippen LogP contribution in [0.1, 0.15) is 18.5 Å². The lowest BCUT2D eigenvalue weighted by molar-refractivity contribution is -0.139. The largest absolute Gasteiger partial charge is 0.463 e. The molecule has 1 aromatic rings. The fourth-order valence-corrected chi connectivity index (χ4v) is 4.02. The molecule has 1 heterocycles. The number of hydrogen-bond donors (Lipinski definition) is 2. The van der Waals surface area contributed by atoms with E-state index in [1.807, 2.05) is 30.3 Å². The summed E-state index contributed by atoms with van der Waals surface area (Å²) in [6.07, 6.45) is 0. The summed E-state index contributed by atoms with van der Waals surface area (Å²) in [5.74, 6) is -0.374. The van der Waals surface area contributed by atoms with E-state index >= 15 is 0 Å². The second-order valence-corrected chi connectivity index (χ2v) is 11.2. The number of benzene rings is 1. The van der Waals surface area contributed by atoms with Crippen molar-refractivity contribution in [2.45, 2.75) is 32.6 Å². The van der Waals surface area contributed by atoms with Crippen LogP contribution >= 0.6 is 0 Å². The van der Waals surface area contributed by atoms with Gasteiger partial charge in [0.05, 0.1) is 26.3 Å². The molecule has 0 aliphatic carbocycles. The number of carbonyl (C=O) groups is 2. The van der Waals surface area contributed by atoms with E-state index in [4.69, 9.17) is 4.74 Å². The molecule has 118 valence electrons. The molecule has 1 aromatic carbocycles. The van der Waals surface area contributed by atoms with Gasteiger partial charge in [-0.1, -0.05) is 50.0 Å². The van der Waals surface area contributed by atoms with Crippen LogP contribution in [0.5, 0.6) is 0 Å². The maximum atomic E-state index is 12.5. The number of nitrogens with one attached hydrogen (secondary N) is 2. The maximum Gasteiger partial charge on any atom is 0.337 e. The quantitative estimate of drug-likeness (QED) is 0.662. The van der Waals surface area contributed by atoms with Gasteiger partial charge in [-0.15, -0.1) is 0 Å². The van der Waals surface area contributed by atoms with Crippen molar-refractivity contribution in [3.8, 4) is 0 Å². The molecule has 5 nitrogen and oxygen atoms in total. The summed E-state index contributed by atoms with van der Waals surface area (Å²) < 4.78 is 5.23. The molecule has 1 atom stereocenters. The molecule has 2 amide bonds. The molecule has 0 bridgehead atoms. The second-order valence-electron chi connectivity index (χ2n) is 6.20. The van der Waals surface area contributed by atoms with Gasteiger partial charge >= 0.3 is 12.0 Å². The summed E-state index contributed by atoms with van der Waals surface area (Å²) in [6.45, 7) is 8.36. The fourth-order valence-electron chi connectivity index (χ4n) is 2.48. The Morgan fingerprint density at radius 2 is 1.86 bits per heavy atom. The monoisotopic (exact) mass is 318 g/mol. The van der Waals surface area contributed by atoms with Crippen molar-refractivity contribution in [1.82, 2.24) is 10.6 Å². The molecule has 1 unspecified atom stereocenters. The number of urea groups is 1. The zero-order valence-electron chi connectivity index (χ0n) is 13.4. The molecule has 0 radical (unpaired) electrons. The molecule has 0 saturated carbocycles. The highest BCUT2D eigenvalue weighted by Gasteiger charge is 2.38. The zero-order chi connectivity index (χ0) is 16.3. The molecule has 1 aliphatic heterocycles. The molecular weight excluding hydrogens is 296 g/mol. The Bertz CT molecular complexity index is 606. The third-order valence-electron chi connectivity index (χ3n) is 3.45. The maximum absolute atomic E-state index is 12.5. The average molecular weight is 318 g/mol. The lowest BCUT2D eigenvalue weighted by Crippen LogP contribution is -2.51. The van der Waals surface area contributed by atoms with Gasteiger partial charge in [-0.25, -0.2) is 9.59 Å². The van der Waals surface area contributed by atoms with Crippen molar-refractivity contribution >= 4 is 20.1 Å². The first kappa shape index (κ1) is 16.3. The lowest BCUT2D eigenvalue weighted by Gasteiger charge is -2.34. The fraction of sp³-hybridized carbons (Fsp3) is 0.375. The van der Waals surface area contributed by atoms with E-state index in [-0.39, 0.29) is 12.0 Å². The van der Waals surface area contributed by atoms with E-state index in [1.54, 1.807) is 6.92 Å². The first-order chi connectivity index (χ1) is 10.3. The van der Waals surface area contributed by atoms with Gasteiger partial charge in [-0.2, -0.15) is 0 Å². The Morgan fingerprint density at radius 1 is 1.23 bits per heavy atom. The SMILES string of the molecule is CCOC(=O)C1=C([Si](C)(C)C)NC(=O)NC1c1ccccc1. The van der Waals surface area contributed by atoms with Gasteiger partial charge in [0.2, 0.25) is 0 Å². The Hall–Kier alpha value is -2.08. The normalized spacial score (nSPS) is 18.5. The highest BCUT2D eigenvalue weighted by Crippen LogP contribution is 2.31.